The number of nitrogens with zero attached hydrogens (tertiary/aromatic N) is 1. The number of aromatic carboxylic acids is 1. The fourth-order valence-electron chi connectivity index (χ4n) is 4.20. The Morgan fingerprint density at radius 2 is 1.00 bits per heavy atom. The molecule has 272 valence electrons. The normalized spacial score (nSPS) is 11.8. The highest BCUT2D eigenvalue weighted by molar-refractivity contribution is 7.91. The van der Waals surface area contributed by atoms with Gasteiger partial charge in [0.25, 0.3) is 5.91 Å². The number of carboxylic acid groups (broad SMARTS) is 1. The van der Waals surface area contributed by atoms with Crippen LogP contribution in [0.15, 0.2) is 63.2 Å². The molecule has 0 aromatic heterocycles. The fourth-order valence-corrected chi connectivity index (χ4v) is 6.68. The van der Waals surface area contributed by atoms with Crippen LogP contribution in [-0.2, 0) is 29.5 Å². The third kappa shape index (κ3) is 12.3. The minimum Gasteiger partial charge on any atom is -0.478 e. The van der Waals surface area contributed by atoms with Gasteiger partial charge < -0.3 is 10.0 Å². The lowest BCUT2D eigenvalue weighted by atomic mass is 10.0. The molecule has 0 spiro atoms. The second kappa shape index (κ2) is 16.8. The second-order valence-electron chi connectivity index (χ2n) is 12.6. The summed E-state index contributed by atoms with van der Waals surface area (Å²) in [6, 6.07) is 12.0. The third-order valence-corrected chi connectivity index (χ3v) is 10.4. The quantitative estimate of drug-likeness (QED) is 0.278. The summed E-state index contributed by atoms with van der Waals surface area (Å²) in [6.45, 7) is 11.3. The van der Waals surface area contributed by atoms with Crippen LogP contribution in [0.5, 0.6) is 0 Å². The van der Waals surface area contributed by atoms with E-state index in [-0.39, 0.29) is 16.7 Å². The van der Waals surface area contributed by atoms with Crippen molar-refractivity contribution in [1.29, 1.82) is 0 Å². The van der Waals surface area contributed by atoms with E-state index in [4.69, 9.17) is 5.11 Å². The lowest BCUT2D eigenvalue weighted by Gasteiger charge is -2.16. The summed E-state index contributed by atoms with van der Waals surface area (Å²) in [5.41, 5.74) is 0.873. The van der Waals surface area contributed by atoms with Gasteiger partial charge in [-0.25, -0.2) is 38.8 Å². The maximum atomic E-state index is 14.1. The monoisotopic (exact) mass is 745 g/mol. The molecule has 0 unspecified atom stereocenters. The lowest BCUT2D eigenvalue weighted by molar-refractivity contribution is 0.0686. The fraction of sp³-hybridized carbons (Fsp3) is 0.412. The molecule has 0 atom stereocenters. The summed E-state index contributed by atoms with van der Waals surface area (Å²) in [7, 11) is -7.62. The summed E-state index contributed by atoms with van der Waals surface area (Å²) in [5.74, 6) is -3.83. The molecule has 0 bridgehead atoms. The molecule has 1 N–H and O–H groups in total. The summed E-state index contributed by atoms with van der Waals surface area (Å²) < 4.78 is 96.6. The van der Waals surface area contributed by atoms with Gasteiger partial charge in [-0.05, 0) is 70.8 Å². The number of carbonyl (C=O) groups is 2. The lowest BCUT2D eigenvalue weighted by Crippen LogP contribution is -2.25. The van der Waals surface area contributed by atoms with Crippen LogP contribution in [-0.4, -0.2) is 80.0 Å². The zero-order chi connectivity index (χ0) is 38.4. The van der Waals surface area contributed by atoms with Crippen molar-refractivity contribution in [2.75, 3.05) is 32.9 Å². The van der Waals surface area contributed by atoms with Crippen molar-refractivity contribution in [3.63, 3.8) is 0 Å². The molecule has 3 rings (SSSR count). The Morgan fingerprint density at radius 3 is 1.33 bits per heavy atom. The molecule has 0 fully saturated rings. The van der Waals surface area contributed by atoms with Gasteiger partial charge in [-0.15, -0.1) is 0 Å². The molecule has 1 amide bonds. The molecule has 0 radical (unpaired) electrons. The Balaban J connectivity index is 0.000000374. The van der Waals surface area contributed by atoms with Crippen molar-refractivity contribution < 1.29 is 48.7 Å². The van der Waals surface area contributed by atoms with Crippen LogP contribution in [0.25, 0.3) is 0 Å². The molecule has 0 aliphatic carbocycles. The van der Waals surface area contributed by atoms with E-state index in [1.807, 2.05) is 33.8 Å². The smallest absolute Gasteiger partial charge is 0.340 e. The molecule has 15 heteroatoms. The minimum atomic E-state index is -3.78. The molecule has 3 aromatic carbocycles. The molecular formula is C34H45F2NO9S3. The number of rotatable bonds is 8. The van der Waals surface area contributed by atoms with E-state index < -0.39 is 69.0 Å². The van der Waals surface area contributed by atoms with Crippen LogP contribution >= 0.6 is 0 Å². The average molecular weight is 746 g/mol. The highest BCUT2D eigenvalue weighted by atomic mass is 32.2. The largest absolute Gasteiger partial charge is 0.478 e. The number of carboxylic acids is 1. The van der Waals surface area contributed by atoms with E-state index in [1.54, 1.807) is 32.0 Å². The zero-order valence-corrected chi connectivity index (χ0v) is 31.9. The van der Waals surface area contributed by atoms with E-state index in [1.165, 1.54) is 38.6 Å². The first-order valence-corrected chi connectivity index (χ1v) is 20.6. The number of sulfone groups is 3. The third-order valence-electron chi connectivity index (χ3n) is 7.07. The van der Waals surface area contributed by atoms with Crippen molar-refractivity contribution >= 4 is 41.4 Å². The number of halogens is 2. The van der Waals surface area contributed by atoms with Gasteiger partial charge in [0.15, 0.2) is 29.5 Å². The van der Waals surface area contributed by atoms with Crippen molar-refractivity contribution in [3.8, 4) is 0 Å². The van der Waals surface area contributed by atoms with Crippen molar-refractivity contribution in [2.24, 2.45) is 0 Å². The molecule has 49 heavy (non-hydrogen) atoms. The molecule has 0 saturated heterocycles. The van der Waals surface area contributed by atoms with Crippen molar-refractivity contribution in [1.82, 2.24) is 4.90 Å². The standard InChI is InChI=1S/C13H18FNO3S.C11H13FO4S.C10H14O2S/c1-8(2)9-6-10(14)12(13(16)15(3)4)11(7-9)19(5,17)18;1-6(2)7-4-8(12)10(11(13)14)9(5-7)17(3,15)16;1-8(2)9-5-4-6-10(7-9)13(3,11)12/h6-8H,1-5H3;4-6H,1-3H3,(H,13,14);4-8H,1-3H3. The Labute approximate surface area is 288 Å². The number of hydrogen-bond donors (Lipinski definition) is 1. The number of hydrogen-bond acceptors (Lipinski definition) is 8. The second-order valence-corrected chi connectivity index (χ2v) is 18.6. The molecule has 3 aromatic rings. The van der Waals surface area contributed by atoms with E-state index >= 15 is 0 Å². The number of carbonyl (C=O) groups excluding carboxylic acids is 1. The molecule has 0 aliphatic heterocycles. The van der Waals surface area contributed by atoms with E-state index in [0.29, 0.717) is 21.9 Å². The predicted molar refractivity (Wildman–Crippen MR) is 186 cm³/mol. The van der Waals surface area contributed by atoms with Crippen LogP contribution in [0, 0.1) is 11.6 Å². The Hall–Kier alpha value is -3.69. The van der Waals surface area contributed by atoms with E-state index in [2.05, 4.69) is 0 Å². The van der Waals surface area contributed by atoms with Gasteiger partial charge in [-0.3, -0.25) is 4.79 Å². The average Bonchev–Trinajstić information content (AvgIpc) is 2.95. The Morgan fingerprint density at radius 1 is 0.612 bits per heavy atom. The van der Waals surface area contributed by atoms with Gasteiger partial charge in [0, 0.05) is 32.9 Å². The van der Waals surface area contributed by atoms with Crippen LogP contribution < -0.4 is 0 Å². The van der Waals surface area contributed by atoms with Gasteiger partial charge in [-0.2, -0.15) is 0 Å². The van der Waals surface area contributed by atoms with Gasteiger partial charge in [0.05, 0.1) is 20.2 Å². The van der Waals surface area contributed by atoms with E-state index in [9.17, 15) is 43.6 Å². The first kappa shape index (κ1) is 43.3. The highest BCUT2D eigenvalue weighted by Gasteiger charge is 2.26. The predicted octanol–water partition coefficient (Wildman–Crippen LogP) is 6.32. The van der Waals surface area contributed by atoms with Gasteiger partial charge >= 0.3 is 5.97 Å². The van der Waals surface area contributed by atoms with Crippen molar-refractivity contribution in [3.05, 3.63) is 88.0 Å². The summed E-state index contributed by atoms with van der Waals surface area (Å²) in [5, 5.41) is 8.83. The zero-order valence-electron chi connectivity index (χ0n) is 29.5. The summed E-state index contributed by atoms with van der Waals surface area (Å²) >= 11 is 0. The Bertz CT molecular complexity index is 2020. The topological polar surface area (TPSA) is 160 Å². The first-order valence-electron chi connectivity index (χ1n) is 14.9. The maximum Gasteiger partial charge on any atom is 0.340 e. The molecule has 0 heterocycles. The number of benzene rings is 3. The number of amides is 1. The molecule has 0 saturated carbocycles. The molecular weight excluding hydrogens is 701 g/mol. The summed E-state index contributed by atoms with van der Waals surface area (Å²) in [4.78, 5) is 23.6. The highest BCUT2D eigenvalue weighted by Crippen LogP contribution is 2.27. The molecule has 0 aliphatic rings. The SMILES string of the molecule is CC(C)c1cc(F)c(C(=O)N(C)C)c(S(C)(=O)=O)c1.CC(C)c1cc(F)c(C(=O)O)c(S(C)(=O)=O)c1.CC(C)c1cccc(S(C)(=O)=O)c1. The van der Waals surface area contributed by atoms with Crippen LogP contribution in [0.4, 0.5) is 8.78 Å². The minimum absolute atomic E-state index is 0.0292. The van der Waals surface area contributed by atoms with Crippen molar-refractivity contribution in [2.45, 2.75) is 74.0 Å². The maximum absolute atomic E-state index is 14.1. The molecule has 10 nitrogen and oxygen atoms in total. The first-order chi connectivity index (χ1) is 22.1. The van der Waals surface area contributed by atoms with E-state index in [0.717, 1.165) is 29.0 Å². The van der Waals surface area contributed by atoms with Crippen LogP contribution in [0.3, 0.4) is 0 Å². The van der Waals surface area contributed by atoms with Crippen LogP contribution in [0.2, 0.25) is 0 Å². The van der Waals surface area contributed by atoms with Crippen LogP contribution in [0.1, 0.15) is 96.7 Å². The van der Waals surface area contributed by atoms with Gasteiger partial charge in [0.2, 0.25) is 0 Å². The summed E-state index contributed by atoms with van der Waals surface area (Å²) in [6.07, 6.45) is 3.06. The van der Waals surface area contributed by atoms with Gasteiger partial charge in [0.1, 0.15) is 17.2 Å². The van der Waals surface area contributed by atoms with Gasteiger partial charge in [-0.1, -0.05) is 53.7 Å². The Kier molecular flexibility index (Phi) is 14.9.